The number of carbonyl (C=O) groups is 2. The summed E-state index contributed by atoms with van der Waals surface area (Å²) in [6, 6.07) is 5.48. The molecule has 2 atom stereocenters. The van der Waals surface area contributed by atoms with Gasteiger partial charge >= 0.3 is 0 Å². The van der Waals surface area contributed by atoms with Crippen LogP contribution in [0.25, 0.3) is 0 Å². The summed E-state index contributed by atoms with van der Waals surface area (Å²) in [4.78, 5) is 26.2. The van der Waals surface area contributed by atoms with E-state index in [2.05, 4.69) is 11.8 Å². The van der Waals surface area contributed by atoms with Crippen molar-refractivity contribution in [3.8, 4) is 11.8 Å². The summed E-state index contributed by atoms with van der Waals surface area (Å²) in [6.07, 6.45) is 0. The fraction of sp³-hybridized carbons (Fsp3) is 0.412. The van der Waals surface area contributed by atoms with Crippen molar-refractivity contribution in [2.75, 3.05) is 11.4 Å². The van der Waals surface area contributed by atoms with Gasteiger partial charge in [-0.05, 0) is 30.0 Å². The highest BCUT2D eigenvalue weighted by Crippen LogP contribution is 2.63. The van der Waals surface area contributed by atoms with E-state index in [1.807, 2.05) is 26.8 Å². The summed E-state index contributed by atoms with van der Waals surface area (Å²) in [5.74, 6) is 5.29. The number of piperidine rings is 1. The molecule has 2 N–H and O–H groups in total. The Labute approximate surface area is 124 Å². The highest BCUT2D eigenvalue weighted by molar-refractivity contribution is 6.25. The fourth-order valence-electron chi connectivity index (χ4n) is 3.23. The first kappa shape index (κ1) is 13.8. The van der Waals surface area contributed by atoms with Gasteiger partial charge in [0.05, 0.1) is 24.1 Å². The molecule has 0 spiro atoms. The Balaban J connectivity index is 1.96. The van der Waals surface area contributed by atoms with Crippen LogP contribution in [-0.2, 0) is 9.59 Å². The van der Waals surface area contributed by atoms with Gasteiger partial charge < -0.3 is 5.73 Å². The third-order valence-electron chi connectivity index (χ3n) is 4.60. The molecule has 1 aliphatic carbocycles. The number of hydrogen-bond acceptors (Lipinski definition) is 3. The molecule has 3 rings (SSSR count). The molecule has 1 saturated carbocycles. The van der Waals surface area contributed by atoms with E-state index in [-0.39, 0.29) is 35.6 Å². The second-order valence-corrected chi connectivity index (χ2v) is 6.29. The predicted molar refractivity (Wildman–Crippen MR) is 80.4 cm³/mol. The zero-order valence-corrected chi connectivity index (χ0v) is 12.4. The van der Waals surface area contributed by atoms with Crippen LogP contribution >= 0.6 is 0 Å². The molecule has 1 aliphatic heterocycles. The van der Waals surface area contributed by atoms with Gasteiger partial charge in [0.1, 0.15) is 0 Å². The van der Waals surface area contributed by atoms with Gasteiger partial charge in [-0.1, -0.05) is 31.8 Å². The Morgan fingerprint density at radius 2 is 1.86 bits per heavy atom. The SMILES string of the molecule is Cc1ccc(N2C(=O)C3C(C2=O)C3(C)C)cc1C#CCN. The van der Waals surface area contributed by atoms with E-state index in [1.165, 1.54) is 4.90 Å². The van der Waals surface area contributed by atoms with Crippen molar-refractivity contribution >= 4 is 17.5 Å². The molecule has 1 aromatic rings. The molecule has 4 heteroatoms. The predicted octanol–water partition coefficient (Wildman–Crippen LogP) is 1.45. The molecule has 2 aliphatic rings. The molecular weight excluding hydrogens is 264 g/mol. The Bertz CT molecular complexity index is 685. The third kappa shape index (κ3) is 1.89. The fourth-order valence-corrected chi connectivity index (χ4v) is 3.23. The lowest BCUT2D eigenvalue weighted by atomic mass is 10.0. The largest absolute Gasteiger partial charge is 0.320 e. The third-order valence-corrected chi connectivity index (χ3v) is 4.60. The summed E-state index contributed by atoms with van der Waals surface area (Å²) in [6.45, 7) is 6.17. The second-order valence-electron chi connectivity index (χ2n) is 6.29. The normalized spacial score (nSPS) is 25.4. The van der Waals surface area contributed by atoms with Crippen LogP contribution in [0.2, 0.25) is 0 Å². The van der Waals surface area contributed by atoms with Gasteiger partial charge in [-0.25, -0.2) is 4.90 Å². The lowest BCUT2D eigenvalue weighted by Gasteiger charge is -2.21. The minimum atomic E-state index is -0.183. The van der Waals surface area contributed by atoms with Crippen LogP contribution in [0.5, 0.6) is 0 Å². The number of rotatable bonds is 1. The van der Waals surface area contributed by atoms with Gasteiger partial charge in [-0.3, -0.25) is 9.59 Å². The van der Waals surface area contributed by atoms with Crippen molar-refractivity contribution in [3.05, 3.63) is 29.3 Å². The van der Waals surface area contributed by atoms with Gasteiger partial charge in [0.2, 0.25) is 11.8 Å². The smallest absolute Gasteiger partial charge is 0.238 e. The van der Waals surface area contributed by atoms with Gasteiger partial charge in [0.25, 0.3) is 0 Å². The van der Waals surface area contributed by atoms with Gasteiger partial charge in [0.15, 0.2) is 0 Å². The summed E-state index contributed by atoms with van der Waals surface area (Å²) < 4.78 is 0. The van der Waals surface area contributed by atoms with Crippen LogP contribution < -0.4 is 10.6 Å². The number of nitrogens with two attached hydrogens (primary N) is 1. The highest BCUT2D eigenvalue weighted by Gasteiger charge is 2.72. The van der Waals surface area contributed by atoms with Crippen molar-refractivity contribution in [2.24, 2.45) is 23.0 Å². The zero-order valence-electron chi connectivity index (χ0n) is 12.4. The molecule has 2 fully saturated rings. The first-order valence-electron chi connectivity index (χ1n) is 7.07. The van der Waals surface area contributed by atoms with Crippen molar-refractivity contribution in [1.29, 1.82) is 0 Å². The van der Waals surface area contributed by atoms with E-state index < -0.39 is 0 Å². The van der Waals surface area contributed by atoms with Crippen LogP contribution in [0.3, 0.4) is 0 Å². The first-order valence-corrected chi connectivity index (χ1v) is 7.07. The highest BCUT2D eigenvalue weighted by atomic mass is 16.2. The maximum absolute atomic E-state index is 12.4. The monoisotopic (exact) mass is 282 g/mol. The summed E-state index contributed by atoms with van der Waals surface area (Å²) in [5, 5.41) is 0. The van der Waals surface area contributed by atoms with E-state index in [1.54, 1.807) is 12.1 Å². The maximum Gasteiger partial charge on any atom is 0.238 e. The number of benzene rings is 1. The van der Waals surface area contributed by atoms with Gasteiger partial charge in [-0.2, -0.15) is 0 Å². The van der Waals surface area contributed by atoms with Gasteiger partial charge in [0, 0.05) is 5.56 Å². The molecule has 4 nitrogen and oxygen atoms in total. The van der Waals surface area contributed by atoms with Crippen LogP contribution in [-0.4, -0.2) is 18.4 Å². The lowest BCUT2D eigenvalue weighted by Crippen LogP contribution is -2.36. The van der Waals surface area contributed by atoms with Crippen molar-refractivity contribution < 1.29 is 9.59 Å². The quantitative estimate of drug-likeness (QED) is 0.626. The number of aryl methyl sites for hydroxylation is 1. The Hall–Kier alpha value is -2.12. The Morgan fingerprint density at radius 1 is 1.24 bits per heavy atom. The van der Waals surface area contributed by atoms with Crippen LogP contribution in [0.4, 0.5) is 5.69 Å². The van der Waals surface area contributed by atoms with E-state index in [4.69, 9.17) is 5.73 Å². The molecule has 0 bridgehead atoms. The number of amides is 2. The average molecular weight is 282 g/mol. The van der Waals surface area contributed by atoms with Crippen molar-refractivity contribution in [2.45, 2.75) is 20.8 Å². The van der Waals surface area contributed by atoms with Crippen LogP contribution in [0, 0.1) is 36.0 Å². The number of imide groups is 1. The number of anilines is 1. The second kappa shape index (κ2) is 4.44. The molecule has 1 saturated heterocycles. The molecule has 108 valence electrons. The number of nitrogens with zero attached hydrogens (tertiary/aromatic N) is 1. The van der Waals surface area contributed by atoms with Crippen molar-refractivity contribution in [1.82, 2.24) is 0 Å². The molecule has 2 unspecified atom stereocenters. The number of hydrogen-bond donors (Lipinski definition) is 1. The summed E-state index contributed by atoms with van der Waals surface area (Å²) in [5.41, 5.74) is 7.63. The summed E-state index contributed by atoms with van der Waals surface area (Å²) >= 11 is 0. The Morgan fingerprint density at radius 3 is 2.43 bits per heavy atom. The van der Waals surface area contributed by atoms with Crippen molar-refractivity contribution in [3.63, 3.8) is 0 Å². The Kier molecular flexibility index (Phi) is 2.93. The first-order chi connectivity index (χ1) is 9.89. The zero-order chi connectivity index (χ0) is 15.4. The number of carbonyl (C=O) groups excluding carboxylic acids is 2. The maximum atomic E-state index is 12.4. The average Bonchev–Trinajstić information content (AvgIpc) is 2.89. The summed E-state index contributed by atoms with van der Waals surface area (Å²) in [7, 11) is 0. The molecule has 1 aromatic carbocycles. The molecule has 0 aromatic heterocycles. The van der Waals surface area contributed by atoms with Crippen LogP contribution in [0.15, 0.2) is 18.2 Å². The molecule has 1 heterocycles. The van der Waals surface area contributed by atoms with Crippen LogP contribution in [0.1, 0.15) is 25.0 Å². The van der Waals surface area contributed by atoms with E-state index in [0.29, 0.717) is 5.69 Å². The minimum absolute atomic E-state index is 0.0865. The molecule has 0 radical (unpaired) electrons. The standard InChI is InChI=1S/C17H18N2O2/c1-10-6-7-12(9-11(10)5-4-8-18)19-15(20)13-14(16(19)21)17(13,2)3/h6-7,9,13-14H,8,18H2,1-3H3. The van der Waals surface area contributed by atoms with E-state index >= 15 is 0 Å². The number of fused-ring (bicyclic) bond motifs is 1. The van der Waals surface area contributed by atoms with E-state index in [0.717, 1.165) is 11.1 Å². The molecule has 21 heavy (non-hydrogen) atoms. The van der Waals surface area contributed by atoms with E-state index in [9.17, 15) is 9.59 Å². The minimum Gasteiger partial charge on any atom is -0.320 e. The lowest BCUT2D eigenvalue weighted by molar-refractivity contribution is -0.125. The topological polar surface area (TPSA) is 63.4 Å². The molecular formula is C17H18N2O2. The molecule has 2 amide bonds. The van der Waals surface area contributed by atoms with Gasteiger partial charge in [-0.15, -0.1) is 0 Å².